The Kier molecular flexibility index (Phi) is 4.98. The number of hydrogen-bond acceptors (Lipinski definition) is 4. The van der Waals surface area contributed by atoms with Gasteiger partial charge in [0.2, 0.25) is 0 Å². The third-order valence-electron chi connectivity index (χ3n) is 2.64. The number of methoxy groups -OCH3 is 1. The number of rotatable bonds is 4. The summed E-state index contributed by atoms with van der Waals surface area (Å²) in [5.74, 6) is -0.390. The molecule has 2 rings (SSSR count). The standard InChI is InChI=1S/C14H12BrClN2O2/c1-20-14(19)9-2-3-11(17-7-9)8-18-10-4-5-13(16)12(15)6-10/h2-7,18H,8H2,1H3. The highest BCUT2D eigenvalue weighted by molar-refractivity contribution is 9.10. The molecular weight excluding hydrogens is 344 g/mol. The SMILES string of the molecule is COC(=O)c1ccc(CNc2ccc(Cl)c(Br)c2)nc1. The molecule has 1 heterocycles. The molecule has 0 bridgehead atoms. The van der Waals surface area contributed by atoms with Crippen molar-refractivity contribution >= 4 is 39.2 Å². The monoisotopic (exact) mass is 354 g/mol. The second-order valence-electron chi connectivity index (χ2n) is 4.01. The molecule has 1 aromatic heterocycles. The van der Waals surface area contributed by atoms with Crippen molar-refractivity contribution < 1.29 is 9.53 Å². The summed E-state index contributed by atoms with van der Waals surface area (Å²) in [6.45, 7) is 0.551. The third kappa shape index (κ3) is 3.71. The average Bonchev–Trinajstić information content (AvgIpc) is 2.48. The molecule has 0 saturated carbocycles. The molecule has 0 fully saturated rings. The minimum absolute atomic E-state index is 0.390. The molecule has 0 aliphatic heterocycles. The summed E-state index contributed by atoms with van der Waals surface area (Å²) in [5.41, 5.74) is 2.19. The van der Waals surface area contributed by atoms with Crippen LogP contribution in [0.3, 0.4) is 0 Å². The van der Waals surface area contributed by atoms with E-state index in [1.54, 1.807) is 12.1 Å². The van der Waals surface area contributed by atoms with Gasteiger partial charge in [-0.05, 0) is 46.3 Å². The topological polar surface area (TPSA) is 51.2 Å². The number of nitrogens with one attached hydrogen (secondary N) is 1. The van der Waals surface area contributed by atoms with E-state index in [9.17, 15) is 4.79 Å². The summed E-state index contributed by atoms with van der Waals surface area (Å²) in [6, 6.07) is 9.06. The minimum Gasteiger partial charge on any atom is -0.465 e. The van der Waals surface area contributed by atoms with Gasteiger partial charge >= 0.3 is 5.97 Å². The van der Waals surface area contributed by atoms with Gasteiger partial charge in [0, 0.05) is 16.4 Å². The molecule has 2 aromatic rings. The van der Waals surface area contributed by atoms with E-state index in [1.807, 2.05) is 18.2 Å². The minimum atomic E-state index is -0.390. The lowest BCUT2D eigenvalue weighted by Crippen LogP contribution is -2.05. The van der Waals surface area contributed by atoms with Crippen LogP contribution in [0.4, 0.5) is 5.69 Å². The van der Waals surface area contributed by atoms with Gasteiger partial charge in [-0.1, -0.05) is 11.6 Å². The van der Waals surface area contributed by atoms with E-state index in [4.69, 9.17) is 11.6 Å². The van der Waals surface area contributed by atoms with E-state index < -0.39 is 5.97 Å². The van der Waals surface area contributed by atoms with E-state index in [0.717, 1.165) is 15.9 Å². The number of esters is 1. The Morgan fingerprint density at radius 2 is 2.20 bits per heavy atom. The van der Waals surface area contributed by atoms with Crippen LogP contribution in [-0.4, -0.2) is 18.1 Å². The first-order valence-corrected chi connectivity index (χ1v) is 6.99. The molecule has 1 N–H and O–H groups in total. The van der Waals surface area contributed by atoms with Crippen LogP contribution in [0.15, 0.2) is 41.0 Å². The average molecular weight is 356 g/mol. The molecule has 0 unspecified atom stereocenters. The van der Waals surface area contributed by atoms with Crippen molar-refractivity contribution in [1.82, 2.24) is 4.98 Å². The van der Waals surface area contributed by atoms with Crippen LogP contribution in [0.1, 0.15) is 16.1 Å². The summed E-state index contributed by atoms with van der Waals surface area (Å²) in [6.07, 6.45) is 1.50. The van der Waals surface area contributed by atoms with Crippen LogP contribution in [0.25, 0.3) is 0 Å². The Balaban J connectivity index is 2.00. The summed E-state index contributed by atoms with van der Waals surface area (Å²) < 4.78 is 5.45. The van der Waals surface area contributed by atoms with E-state index in [-0.39, 0.29) is 0 Å². The Hall–Kier alpha value is -1.59. The lowest BCUT2D eigenvalue weighted by atomic mass is 10.2. The molecule has 6 heteroatoms. The number of nitrogens with zero attached hydrogens (tertiary/aromatic N) is 1. The quantitative estimate of drug-likeness (QED) is 0.845. The number of aromatic nitrogens is 1. The van der Waals surface area contributed by atoms with Crippen molar-refractivity contribution in [3.05, 3.63) is 57.3 Å². The number of halogens is 2. The molecule has 104 valence electrons. The van der Waals surface area contributed by atoms with Gasteiger partial charge in [-0.25, -0.2) is 4.79 Å². The lowest BCUT2D eigenvalue weighted by Gasteiger charge is -2.07. The molecule has 0 amide bonds. The number of anilines is 1. The highest BCUT2D eigenvalue weighted by Gasteiger charge is 2.05. The van der Waals surface area contributed by atoms with Gasteiger partial charge < -0.3 is 10.1 Å². The maximum atomic E-state index is 11.3. The van der Waals surface area contributed by atoms with E-state index in [0.29, 0.717) is 17.1 Å². The first-order valence-electron chi connectivity index (χ1n) is 5.82. The lowest BCUT2D eigenvalue weighted by molar-refractivity contribution is 0.0600. The smallest absolute Gasteiger partial charge is 0.339 e. The molecule has 20 heavy (non-hydrogen) atoms. The number of hydrogen-bond donors (Lipinski definition) is 1. The predicted molar refractivity (Wildman–Crippen MR) is 82.1 cm³/mol. The molecule has 0 atom stereocenters. The van der Waals surface area contributed by atoms with Gasteiger partial charge in [0.25, 0.3) is 0 Å². The van der Waals surface area contributed by atoms with Gasteiger partial charge in [0.15, 0.2) is 0 Å². The van der Waals surface area contributed by atoms with Crippen LogP contribution < -0.4 is 5.32 Å². The van der Waals surface area contributed by atoms with Gasteiger partial charge in [-0.15, -0.1) is 0 Å². The van der Waals surface area contributed by atoms with Crippen molar-refractivity contribution in [2.24, 2.45) is 0 Å². The molecule has 0 aliphatic carbocycles. The molecule has 0 saturated heterocycles. The Morgan fingerprint density at radius 1 is 1.40 bits per heavy atom. The molecule has 0 aliphatic rings. The number of pyridine rings is 1. The van der Waals surface area contributed by atoms with E-state index >= 15 is 0 Å². The van der Waals surface area contributed by atoms with Gasteiger partial charge in [0.1, 0.15) is 0 Å². The normalized spacial score (nSPS) is 10.2. The maximum absolute atomic E-state index is 11.3. The van der Waals surface area contributed by atoms with E-state index in [1.165, 1.54) is 13.3 Å². The van der Waals surface area contributed by atoms with Crippen LogP contribution >= 0.6 is 27.5 Å². The van der Waals surface area contributed by atoms with Crippen LogP contribution in [0, 0.1) is 0 Å². The van der Waals surface area contributed by atoms with Crippen molar-refractivity contribution in [2.75, 3.05) is 12.4 Å². The fourth-order valence-corrected chi connectivity index (χ4v) is 2.06. The third-order valence-corrected chi connectivity index (χ3v) is 3.85. The largest absolute Gasteiger partial charge is 0.465 e. The van der Waals surface area contributed by atoms with Gasteiger partial charge in [-0.2, -0.15) is 0 Å². The zero-order chi connectivity index (χ0) is 14.5. The Labute approximate surface area is 130 Å². The fourth-order valence-electron chi connectivity index (χ4n) is 1.57. The second-order valence-corrected chi connectivity index (χ2v) is 5.27. The second kappa shape index (κ2) is 6.72. The van der Waals surface area contributed by atoms with Crippen LogP contribution in [0.2, 0.25) is 5.02 Å². The van der Waals surface area contributed by atoms with Crippen molar-refractivity contribution in [2.45, 2.75) is 6.54 Å². The number of carbonyl (C=O) groups is 1. The first kappa shape index (κ1) is 14.8. The van der Waals surface area contributed by atoms with Crippen molar-refractivity contribution in [3.63, 3.8) is 0 Å². The first-order chi connectivity index (χ1) is 9.60. The Bertz CT molecular complexity index is 617. The van der Waals surface area contributed by atoms with Crippen molar-refractivity contribution in [3.8, 4) is 0 Å². The fraction of sp³-hybridized carbons (Fsp3) is 0.143. The number of benzene rings is 1. The molecule has 1 aromatic carbocycles. The zero-order valence-electron chi connectivity index (χ0n) is 10.7. The van der Waals surface area contributed by atoms with Crippen molar-refractivity contribution in [1.29, 1.82) is 0 Å². The van der Waals surface area contributed by atoms with Gasteiger partial charge in [0.05, 0.1) is 29.9 Å². The highest BCUT2D eigenvalue weighted by atomic mass is 79.9. The maximum Gasteiger partial charge on any atom is 0.339 e. The molecule has 4 nitrogen and oxygen atoms in total. The summed E-state index contributed by atoms with van der Waals surface area (Å²) in [5, 5.41) is 3.89. The summed E-state index contributed by atoms with van der Waals surface area (Å²) >= 11 is 9.29. The van der Waals surface area contributed by atoms with Crippen LogP contribution in [-0.2, 0) is 11.3 Å². The van der Waals surface area contributed by atoms with Crippen LogP contribution in [0.5, 0.6) is 0 Å². The van der Waals surface area contributed by atoms with Gasteiger partial charge in [-0.3, -0.25) is 4.98 Å². The zero-order valence-corrected chi connectivity index (χ0v) is 13.0. The van der Waals surface area contributed by atoms with E-state index in [2.05, 4.69) is 31.0 Å². The molecule has 0 spiro atoms. The number of carbonyl (C=O) groups excluding carboxylic acids is 1. The number of ether oxygens (including phenoxy) is 1. The summed E-state index contributed by atoms with van der Waals surface area (Å²) in [7, 11) is 1.34. The molecular formula is C14H12BrClN2O2. The highest BCUT2D eigenvalue weighted by Crippen LogP contribution is 2.25. The predicted octanol–water partition coefficient (Wildman–Crippen LogP) is 3.90. The molecule has 0 radical (unpaired) electrons. The summed E-state index contributed by atoms with van der Waals surface area (Å²) in [4.78, 5) is 15.5. The Morgan fingerprint density at radius 3 is 2.80 bits per heavy atom.